The van der Waals surface area contributed by atoms with Gasteiger partial charge in [-0.05, 0) is 88.4 Å². The van der Waals surface area contributed by atoms with Crippen LogP contribution in [-0.4, -0.2) is 150 Å². The van der Waals surface area contributed by atoms with Gasteiger partial charge in [-0.1, -0.05) is 31.1 Å². The van der Waals surface area contributed by atoms with E-state index >= 15 is 0 Å². The van der Waals surface area contributed by atoms with Gasteiger partial charge in [0.2, 0.25) is 0 Å². The number of ether oxygens (including phenoxy) is 5. The lowest BCUT2D eigenvalue weighted by molar-refractivity contribution is -0.337. The Bertz CT molecular complexity index is 1500. The topological polar surface area (TPSA) is 245 Å². The minimum absolute atomic E-state index is 0.0515. The number of esters is 1. The Hall–Kier alpha value is -1.57. The molecule has 0 aromatic heterocycles. The molecule has 3 saturated carbocycles. The summed E-state index contributed by atoms with van der Waals surface area (Å²) in [6.07, 6.45) is -9.39. The van der Waals surface area contributed by atoms with Crippen molar-refractivity contribution in [3.63, 3.8) is 0 Å². The van der Waals surface area contributed by atoms with Crippen LogP contribution in [0.15, 0.2) is 22.8 Å². The van der Waals surface area contributed by atoms with Gasteiger partial charge in [-0.2, -0.15) is 0 Å². The molecule has 0 amide bonds. The molecule has 55 heavy (non-hydrogen) atoms. The number of aliphatic hydroxyl groups is 9. The fourth-order valence-electron chi connectivity index (χ4n) is 11.9. The number of rotatable bonds is 8. The first-order valence-electron chi connectivity index (χ1n) is 20.1. The molecule has 0 radical (unpaired) electrons. The molecule has 3 aliphatic heterocycles. The average molecular weight is 783 g/mol. The van der Waals surface area contributed by atoms with Gasteiger partial charge in [0.25, 0.3) is 0 Å². The van der Waals surface area contributed by atoms with Crippen molar-refractivity contribution in [3.05, 3.63) is 22.8 Å². The van der Waals surface area contributed by atoms with E-state index in [-0.39, 0.29) is 29.6 Å². The molecule has 2 saturated heterocycles. The summed E-state index contributed by atoms with van der Waals surface area (Å²) in [6, 6.07) is 0. The lowest BCUT2D eigenvalue weighted by Crippen LogP contribution is -2.62. The Morgan fingerprint density at radius 3 is 2.18 bits per heavy atom. The van der Waals surface area contributed by atoms with Crippen molar-refractivity contribution in [1.29, 1.82) is 0 Å². The van der Waals surface area contributed by atoms with E-state index in [0.717, 1.165) is 43.3 Å². The number of carbonyl (C=O) groups is 1. The van der Waals surface area contributed by atoms with Gasteiger partial charge in [0.15, 0.2) is 12.6 Å². The molecule has 3 heterocycles. The highest BCUT2D eigenvalue weighted by molar-refractivity contribution is 5.89. The molecule has 20 atom stereocenters. The Kier molecular flexibility index (Phi) is 11.5. The lowest BCUT2D eigenvalue weighted by Gasteiger charge is -2.60. The highest BCUT2D eigenvalue weighted by Crippen LogP contribution is 2.68. The van der Waals surface area contributed by atoms with Gasteiger partial charge in [0, 0.05) is 23.8 Å². The van der Waals surface area contributed by atoms with Crippen LogP contribution in [0, 0.1) is 34.5 Å². The number of hydrogen-bond acceptors (Lipinski definition) is 15. The SMILES string of the molecule is CC1=C(C)C(=O)O[C@@H]([C@](C)(O)[C@H]2CC[C@H]3[C@@H]4CC=C5C[C@@H](O[C@@H]6O[C@H](CO[C@@H]7O[C@H](CO)[C@@H](O)[C@H](O)[C@H]7O)[C@@H](O)[C@H](O)[C@H]6O)C[C@H](O)[C@]5(C)[C@H]4CC[C@]23C)C1. The zero-order valence-electron chi connectivity index (χ0n) is 32.4. The van der Waals surface area contributed by atoms with Gasteiger partial charge in [-0.15, -0.1) is 0 Å². The Labute approximate surface area is 321 Å². The summed E-state index contributed by atoms with van der Waals surface area (Å²) in [6.45, 7) is 8.86. The first kappa shape index (κ1) is 41.6. The predicted molar refractivity (Wildman–Crippen MR) is 191 cm³/mol. The minimum Gasteiger partial charge on any atom is -0.456 e. The van der Waals surface area contributed by atoms with Crippen molar-refractivity contribution >= 4 is 5.97 Å². The van der Waals surface area contributed by atoms with Crippen LogP contribution in [0.3, 0.4) is 0 Å². The summed E-state index contributed by atoms with van der Waals surface area (Å²) in [5, 5.41) is 96.4. The first-order chi connectivity index (χ1) is 25.8. The Balaban J connectivity index is 1.01. The Morgan fingerprint density at radius 2 is 1.51 bits per heavy atom. The normalized spacial score (nSPS) is 51.3. The van der Waals surface area contributed by atoms with Crippen molar-refractivity contribution in [2.45, 2.75) is 171 Å². The van der Waals surface area contributed by atoms with Crippen LogP contribution in [0.4, 0.5) is 0 Å². The zero-order chi connectivity index (χ0) is 39.9. The van der Waals surface area contributed by atoms with E-state index in [1.807, 2.05) is 13.8 Å². The van der Waals surface area contributed by atoms with Gasteiger partial charge in [-0.25, -0.2) is 4.79 Å². The predicted octanol–water partition coefficient (Wildman–Crippen LogP) is -0.0516. The summed E-state index contributed by atoms with van der Waals surface area (Å²) in [5.74, 6) is 0.398. The number of hydrogen-bond donors (Lipinski definition) is 9. The van der Waals surface area contributed by atoms with E-state index in [2.05, 4.69) is 19.9 Å². The molecule has 312 valence electrons. The molecule has 0 bridgehead atoms. The second-order valence-corrected chi connectivity index (χ2v) is 18.3. The molecular weight excluding hydrogens is 720 g/mol. The molecule has 4 aliphatic carbocycles. The summed E-state index contributed by atoms with van der Waals surface area (Å²) < 4.78 is 28.9. The summed E-state index contributed by atoms with van der Waals surface area (Å²) in [7, 11) is 0. The average Bonchev–Trinajstić information content (AvgIpc) is 3.51. The van der Waals surface area contributed by atoms with E-state index in [0.29, 0.717) is 30.3 Å². The minimum atomic E-state index is -1.68. The molecule has 7 rings (SSSR count). The third kappa shape index (κ3) is 6.86. The smallest absolute Gasteiger partial charge is 0.334 e. The molecular formula is C40H62O15. The maximum absolute atomic E-state index is 12.6. The van der Waals surface area contributed by atoms with Crippen LogP contribution in [-0.2, 0) is 28.5 Å². The molecule has 7 aliphatic rings. The van der Waals surface area contributed by atoms with Gasteiger partial charge in [-0.3, -0.25) is 0 Å². The van der Waals surface area contributed by atoms with Gasteiger partial charge in [0.1, 0.15) is 60.5 Å². The van der Waals surface area contributed by atoms with Gasteiger partial charge in [0.05, 0.1) is 25.4 Å². The second kappa shape index (κ2) is 15.2. The summed E-state index contributed by atoms with van der Waals surface area (Å²) in [4.78, 5) is 12.6. The highest BCUT2D eigenvalue weighted by atomic mass is 16.7. The first-order valence-corrected chi connectivity index (χ1v) is 20.1. The number of fused-ring (bicyclic) bond motifs is 5. The second-order valence-electron chi connectivity index (χ2n) is 18.3. The van der Waals surface area contributed by atoms with Crippen LogP contribution in [0.5, 0.6) is 0 Å². The number of allylic oxidation sites excluding steroid dienone is 1. The molecule has 0 unspecified atom stereocenters. The zero-order valence-corrected chi connectivity index (χ0v) is 32.4. The van der Waals surface area contributed by atoms with E-state index in [1.54, 1.807) is 6.92 Å². The number of carbonyl (C=O) groups excluding carboxylic acids is 1. The van der Waals surface area contributed by atoms with Gasteiger partial charge >= 0.3 is 5.97 Å². The Morgan fingerprint density at radius 1 is 0.855 bits per heavy atom. The highest BCUT2D eigenvalue weighted by Gasteiger charge is 2.64. The third-order valence-electron chi connectivity index (χ3n) is 15.5. The standard InChI is InChI=1S/C40H62O15/c1-17-12-28(55-35(49)18(17)2)40(5,50)26-9-8-22-21-7-6-19-13-20(14-27(42)39(19,4)23(21)10-11-38(22,26)3)52-37-34(48)32(46)30(44)25(54-37)16-51-36-33(47)31(45)29(43)24(15-41)53-36/h6,20-34,36-37,41-48,50H,7-16H2,1-5H3/t20-,21+,22+,23+,24-,25-,26+,27+,28-,29-,30-,31+,32+,33-,34-,36-,37-,38+,39+,40-/m1/s1. The quantitative estimate of drug-likeness (QED) is 0.116. The molecule has 0 spiro atoms. The van der Waals surface area contributed by atoms with Crippen molar-refractivity contribution in [2.75, 3.05) is 13.2 Å². The summed E-state index contributed by atoms with van der Waals surface area (Å²) >= 11 is 0. The van der Waals surface area contributed by atoms with Crippen LogP contribution in [0.2, 0.25) is 0 Å². The van der Waals surface area contributed by atoms with Crippen LogP contribution < -0.4 is 0 Å². The lowest BCUT2D eigenvalue weighted by atomic mass is 9.46. The van der Waals surface area contributed by atoms with Crippen molar-refractivity contribution in [1.82, 2.24) is 0 Å². The van der Waals surface area contributed by atoms with Crippen LogP contribution in [0.25, 0.3) is 0 Å². The van der Waals surface area contributed by atoms with Gasteiger partial charge < -0.3 is 69.6 Å². The summed E-state index contributed by atoms with van der Waals surface area (Å²) in [5.41, 5.74) is 0.757. The molecule has 9 N–H and O–H groups in total. The van der Waals surface area contributed by atoms with Crippen LogP contribution in [0.1, 0.15) is 86.0 Å². The van der Waals surface area contributed by atoms with E-state index in [4.69, 9.17) is 23.7 Å². The van der Waals surface area contributed by atoms with Crippen molar-refractivity contribution < 1.29 is 74.4 Å². The molecule has 5 fully saturated rings. The molecule has 0 aromatic carbocycles. The maximum Gasteiger partial charge on any atom is 0.334 e. The van der Waals surface area contributed by atoms with Crippen molar-refractivity contribution in [3.8, 4) is 0 Å². The molecule has 15 nitrogen and oxygen atoms in total. The molecule has 0 aromatic rings. The maximum atomic E-state index is 12.6. The monoisotopic (exact) mass is 782 g/mol. The number of aliphatic hydroxyl groups excluding tert-OH is 8. The molecule has 15 heteroatoms. The van der Waals surface area contributed by atoms with Crippen LogP contribution >= 0.6 is 0 Å². The van der Waals surface area contributed by atoms with Crippen molar-refractivity contribution in [2.24, 2.45) is 34.5 Å². The van der Waals surface area contributed by atoms with E-state index < -0.39 is 104 Å². The van der Waals surface area contributed by atoms with E-state index in [1.165, 1.54) is 0 Å². The number of cyclic esters (lactones) is 1. The van der Waals surface area contributed by atoms with E-state index in [9.17, 15) is 50.8 Å². The fraction of sp³-hybridized carbons (Fsp3) is 0.875. The fourth-order valence-corrected chi connectivity index (χ4v) is 11.9. The largest absolute Gasteiger partial charge is 0.456 e. The third-order valence-corrected chi connectivity index (χ3v) is 15.5.